The number of hydrogen-bond acceptors (Lipinski definition) is 6. The second-order valence-electron chi connectivity index (χ2n) is 10.2. The van der Waals surface area contributed by atoms with Gasteiger partial charge in [0.15, 0.2) is 0 Å². The van der Waals surface area contributed by atoms with Crippen LogP contribution in [0.2, 0.25) is 0 Å². The lowest BCUT2D eigenvalue weighted by Crippen LogP contribution is -2.59. The van der Waals surface area contributed by atoms with E-state index in [2.05, 4.69) is 0 Å². The van der Waals surface area contributed by atoms with Crippen molar-refractivity contribution in [2.75, 3.05) is 58.6 Å². The van der Waals surface area contributed by atoms with Crippen molar-refractivity contribution in [3.63, 3.8) is 0 Å². The molecule has 7 nitrogen and oxygen atoms in total. The molecule has 274 valence electrons. The van der Waals surface area contributed by atoms with E-state index in [9.17, 15) is 69.5 Å². The number of halogens is 12. The van der Waals surface area contributed by atoms with Crippen LogP contribution in [0.25, 0.3) is 0 Å². The molecule has 0 fully saturated rings. The molecule has 0 N–H and O–H groups in total. The van der Waals surface area contributed by atoms with Gasteiger partial charge in [0.2, 0.25) is 9.84 Å². The van der Waals surface area contributed by atoms with E-state index < -0.39 is 80.2 Å². The average Bonchev–Trinajstić information content (AvgIpc) is 2.89. The highest BCUT2D eigenvalue weighted by Gasteiger charge is 2.76. The monoisotopic (exact) mass is 729 g/mol. The van der Waals surface area contributed by atoms with Gasteiger partial charge in [-0.3, -0.25) is 0 Å². The minimum atomic E-state index is -6.02. The lowest BCUT2D eigenvalue weighted by molar-refractivity contribution is -0.272. The van der Waals surface area contributed by atoms with Gasteiger partial charge in [0.05, 0.1) is 5.75 Å². The number of alkyl halides is 12. The summed E-state index contributed by atoms with van der Waals surface area (Å²) >= 11 is 0. The molecule has 0 spiro atoms. The van der Waals surface area contributed by atoms with Crippen molar-refractivity contribution in [1.29, 1.82) is 0 Å². The summed E-state index contributed by atoms with van der Waals surface area (Å²) in [5, 5.41) is -11.7. The molecule has 0 saturated carbocycles. The molecule has 0 heterocycles. The van der Waals surface area contributed by atoms with Gasteiger partial charge in [0, 0.05) is 27.4 Å². The van der Waals surface area contributed by atoms with Crippen LogP contribution < -0.4 is 0 Å². The predicted octanol–water partition coefficient (Wildman–Crippen LogP) is 6.27. The van der Waals surface area contributed by atoms with E-state index >= 15 is 0 Å². The maximum atomic E-state index is 13.6. The summed E-state index contributed by atoms with van der Waals surface area (Å²) in [7, 11) is -11.0. The van der Waals surface area contributed by atoms with Gasteiger partial charge in [-0.25, -0.2) is 16.8 Å². The molecule has 0 aromatic heterocycles. The fraction of sp³-hybridized carbons (Fsp3) is 1.00. The maximum absolute atomic E-state index is 13.6. The van der Waals surface area contributed by atoms with E-state index in [4.69, 9.17) is 0 Å². The van der Waals surface area contributed by atoms with Crippen LogP contribution in [-0.2, 0) is 19.9 Å². The summed E-state index contributed by atoms with van der Waals surface area (Å²) in [5.74, 6) is -23.6. The van der Waals surface area contributed by atoms with Crippen LogP contribution in [0.4, 0.5) is 52.7 Å². The van der Waals surface area contributed by atoms with E-state index in [1.165, 1.54) is 0 Å². The van der Waals surface area contributed by atoms with Crippen LogP contribution >= 0.6 is 0 Å². The fourth-order valence-corrected chi connectivity index (χ4v) is 6.21. The Labute approximate surface area is 257 Å². The van der Waals surface area contributed by atoms with Crippen LogP contribution in [0, 0.1) is 0 Å². The predicted molar refractivity (Wildman–Crippen MR) is 146 cm³/mol. The fourth-order valence-electron chi connectivity index (χ4n) is 3.54. The summed E-state index contributed by atoms with van der Waals surface area (Å²) < 4.78 is 203. The zero-order valence-electron chi connectivity index (χ0n) is 26.1. The van der Waals surface area contributed by atoms with Gasteiger partial charge in [-0.2, -0.15) is 57.0 Å². The molecule has 45 heavy (non-hydrogen) atoms. The number of unbranched alkanes of at least 4 members (excludes halogenated alkanes) is 1. The molecule has 0 saturated heterocycles. The minimum Gasteiger partial charge on any atom is -0.304 e. The summed E-state index contributed by atoms with van der Waals surface area (Å²) in [6, 6.07) is 0. The lowest BCUT2D eigenvalue weighted by atomic mass is 10.2. The number of hydrogen-bond donors (Lipinski definition) is 0. The number of sulfonamides is 1. The first-order valence-corrected chi connectivity index (χ1v) is 16.9. The Kier molecular flexibility index (Phi) is 17.3. The van der Waals surface area contributed by atoms with Crippen LogP contribution in [0.15, 0.2) is 0 Å². The Balaban J connectivity index is 0. The van der Waals surface area contributed by atoms with Crippen molar-refractivity contribution in [3.05, 3.63) is 0 Å². The quantitative estimate of drug-likeness (QED) is 0.109. The van der Waals surface area contributed by atoms with Crippen LogP contribution in [0.3, 0.4) is 0 Å². The van der Waals surface area contributed by atoms with Crippen LogP contribution in [0.5, 0.6) is 0 Å². The van der Waals surface area contributed by atoms with Gasteiger partial charge in [0.25, 0.3) is 10.0 Å². The molecular weight excluding hydrogens is 686 g/mol. The SMILES string of the molecule is CCN(CC)CCCCS(=O)(=O)C(F)(F)C(F)(F)C(C)(F)F.CCN(CC)CCCN(C)S(=O)(=O)C(F)(F)C(F)(F)C(C)(F)F. The van der Waals surface area contributed by atoms with Gasteiger partial charge >= 0.3 is 34.2 Å². The average molecular weight is 730 g/mol. The van der Waals surface area contributed by atoms with Gasteiger partial charge in [0.1, 0.15) is 0 Å². The molecule has 21 heteroatoms. The summed E-state index contributed by atoms with van der Waals surface area (Å²) in [6.07, 6.45) is -0.0214. The molecule has 0 radical (unpaired) electrons. The minimum absolute atomic E-state index is 0.00382. The van der Waals surface area contributed by atoms with Crippen LogP contribution in [-0.4, -0.2) is 124 Å². The van der Waals surface area contributed by atoms with E-state index in [1.807, 2.05) is 37.5 Å². The van der Waals surface area contributed by atoms with Crippen molar-refractivity contribution in [2.24, 2.45) is 0 Å². The molecule has 0 rings (SSSR count). The second-order valence-corrected chi connectivity index (χ2v) is 14.5. The summed E-state index contributed by atoms with van der Waals surface area (Å²) in [5.41, 5.74) is 0. The van der Waals surface area contributed by atoms with E-state index in [0.717, 1.165) is 0 Å². The largest absolute Gasteiger partial charge is 0.427 e. The standard InChI is InChI=1S/C12H22F6N2O2S.C12H21F6NO2S/c1-5-20(6-2)9-7-8-19(4)23(21,22)12(17,18)11(15,16)10(3,13)14;1-4-19(5-2)8-6-7-9-22(20,21)12(17,18)11(15,16)10(3,13)14/h5-9H2,1-4H3;4-9H2,1-3H3. The van der Waals surface area contributed by atoms with Gasteiger partial charge < -0.3 is 9.80 Å². The topological polar surface area (TPSA) is 78.0 Å². The third kappa shape index (κ3) is 11.0. The molecule has 0 aromatic carbocycles. The first kappa shape index (κ1) is 46.1. The third-order valence-corrected chi connectivity index (χ3v) is 10.6. The zero-order chi connectivity index (χ0) is 36.5. The van der Waals surface area contributed by atoms with Crippen molar-refractivity contribution >= 4 is 19.9 Å². The molecule has 0 unspecified atom stereocenters. The lowest BCUT2D eigenvalue weighted by Gasteiger charge is -2.32. The summed E-state index contributed by atoms with van der Waals surface area (Å²) in [6.45, 7) is 9.38. The second kappa shape index (κ2) is 16.9. The molecule has 0 bridgehead atoms. The number of sulfone groups is 1. The highest BCUT2D eigenvalue weighted by Crippen LogP contribution is 2.49. The zero-order valence-corrected chi connectivity index (χ0v) is 27.7. The third-order valence-electron chi connectivity index (χ3n) is 6.83. The van der Waals surface area contributed by atoms with Crippen molar-refractivity contribution in [1.82, 2.24) is 14.1 Å². The molecule has 0 aliphatic rings. The van der Waals surface area contributed by atoms with Crippen LogP contribution in [0.1, 0.15) is 60.8 Å². The number of rotatable bonds is 20. The molecule has 0 aliphatic heterocycles. The first-order chi connectivity index (χ1) is 19.9. The molecular formula is C24H43F12N3O4S2. The van der Waals surface area contributed by atoms with Crippen molar-refractivity contribution < 1.29 is 69.5 Å². The molecule has 0 amide bonds. The van der Waals surface area contributed by atoms with Crippen molar-refractivity contribution in [3.8, 4) is 0 Å². The summed E-state index contributed by atoms with van der Waals surface area (Å²) in [4.78, 5) is 3.76. The smallest absolute Gasteiger partial charge is 0.304 e. The van der Waals surface area contributed by atoms with Crippen molar-refractivity contribution in [2.45, 2.75) is 95.0 Å². The Hall–Kier alpha value is -1.06. The van der Waals surface area contributed by atoms with E-state index in [0.29, 0.717) is 46.3 Å². The highest BCUT2D eigenvalue weighted by molar-refractivity contribution is 7.92. The highest BCUT2D eigenvalue weighted by atomic mass is 32.2. The van der Waals surface area contributed by atoms with Gasteiger partial charge in [-0.05, 0) is 58.5 Å². The van der Waals surface area contributed by atoms with Gasteiger partial charge in [-0.1, -0.05) is 27.7 Å². The number of nitrogens with zero attached hydrogens (tertiary/aromatic N) is 3. The Morgan fingerprint density at radius 2 is 0.844 bits per heavy atom. The normalized spacial score (nSPS) is 14.7. The van der Waals surface area contributed by atoms with E-state index in [-0.39, 0.29) is 23.6 Å². The molecule has 0 aromatic rings. The molecule has 0 atom stereocenters. The Morgan fingerprint density at radius 3 is 1.18 bits per heavy atom. The Morgan fingerprint density at radius 1 is 0.511 bits per heavy atom. The maximum Gasteiger partial charge on any atom is 0.427 e. The Bertz CT molecular complexity index is 1090. The first-order valence-electron chi connectivity index (χ1n) is 13.8. The molecule has 0 aliphatic carbocycles. The van der Waals surface area contributed by atoms with Gasteiger partial charge in [-0.15, -0.1) is 0 Å². The van der Waals surface area contributed by atoms with E-state index in [1.54, 1.807) is 0 Å².